The number of para-hydroxylation sites is 1. The van der Waals surface area contributed by atoms with E-state index in [1.807, 2.05) is 20.8 Å². The number of hydrogen-bond donors (Lipinski definition) is 1. The zero-order chi connectivity index (χ0) is 23.3. The van der Waals surface area contributed by atoms with Crippen LogP contribution in [0.3, 0.4) is 0 Å². The molecule has 2 amide bonds. The zero-order valence-electron chi connectivity index (χ0n) is 18.4. The van der Waals surface area contributed by atoms with Crippen LogP contribution in [0.15, 0.2) is 48.5 Å². The third kappa shape index (κ3) is 6.19. The van der Waals surface area contributed by atoms with Crippen molar-refractivity contribution < 1.29 is 24.0 Å². The van der Waals surface area contributed by atoms with Crippen LogP contribution in [-0.2, 0) is 4.74 Å². The molecule has 2 aromatic carbocycles. The Balaban J connectivity index is 1.52. The zero-order valence-corrected chi connectivity index (χ0v) is 18.4. The fourth-order valence-electron chi connectivity index (χ4n) is 3.32. The van der Waals surface area contributed by atoms with Crippen molar-refractivity contribution in [1.82, 2.24) is 4.90 Å². The summed E-state index contributed by atoms with van der Waals surface area (Å²) in [7, 11) is 0. The highest BCUT2D eigenvalue weighted by Gasteiger charge is 2.27. The first-order chi connectivity index (χ1) is 15.1. The molecule has 0 spiro atoms. The summed E-state index contributed by atoms with van der Waals surface area (Å²) < 4.78 is 11.4. The molecule has 0 aromatic heterocycles. The summed E-state index contributed by atoms with van der Waals surface area (Å²) in [6.07, 6.45) is 1.04. The van der Waals surface area contributed by atoms with Crippen LogP contribution in [0.1, 0.15) is 44.0 Å². The molecule has 32 heavy (non-hydrogen) atoms. The minimum absolute atomic E-state index is 0.00502. The van der Waals surface area contributed by atoms with Crippen molar-refractivity contribution in [3.8, 4) is 5.75 Å². The van der Waals surface area contributed by atoms with E-state index in [0.717, 1.165) is 0 Å². The van der Waals surface area contributed by atoms with E-state index >= 15 is 0 Å². The second-order valence-corrected chi connectivity index (χ2v) is 8.54. The first-order valence-corrected chi connectivity index (χ1v) is 10.4. The van der Waals surface area contributed by atoms with Crippen molar-refractivity contribution in [2.24, 2.45) is 0 Å². The number of likely N-dealkylation sites (tertiary alicyclic amines) is 1. The molecule has 1 N–H and O–H groups in total. The van der Waals surface area contributed by atoms with Crippen molar-refractivity contribution >= 4 is 23.4 Å². The highest BCUT2D eigenvalue weighted by atomic mass is 16.6. The smallest absolute Gasteiger partial charge is 0.410 e. The van der Waals surface area contributed by atoms with Crippen LogP contribution < -0.4 is 10.1 Å². The minimum atomic E-state index is -0.583. The highest BCUT2D eigenvalue weighted by Crippen LogP contribution is 2.24. The quantitative estimate of drug-likeness (QED) is 0.535. The van der Waals surface area contributed by atoms with Gasteiger partial charge in [-0.1, -0.05) is 12.1 Å². The van der Waals surface area contributed by atoms with Gasteiger partial charge in [-0.2, -0.15) is 0 Å². The van der Waals surface area contributed by atoms with Crippen molar-refractivity contribution in [3.63, 3.8) is 0 Å². The van der Waals surface area contributed by atoms with Gasteiger partial charge in [0.1, 0.15) is 23.0 Å². The average molecular weight is 441 g/mol. The maximum absolute atomic E-state index is 12.4. The van der Waals surface area contributed by atoms with Crippen LogP contribution >= 0.6 is 0 Å². The van der Waals surface area contributed by atoms with Crippen molar-refractivity contribution in [2.45, 2.75) is 45.3 Å². The van der Waals surface area contributed by atoms with Gasteiger partial charge in [-0.3, -0.25) is 14.9 Å². The van der Waals surface area contributed by atoms with Gasteiger partial charge in [-0.15, -0.1) is 0 Å². The maximum atomic E-state index is 12.4. The van der Waals surface area contributed by atoms with Crippen LogP contribution in [-0.4, -0.2) is 46.6 Å². The van der Waals surface area contributed by atoms with Crippen LogP contribution in [0.4, 0.5) is 16.2 Å². The Morgan fingerprint density at radius 3 is 2.28 bits per heavy atom. The number of nitro groups is 1. The molecular formula is C23H27N3O6. The van der Waals surface area contributed by atoms with Crippen LogP contribution in [0, 0.1) is 10.1 Å². The van der Waals surface area contributed by atoms with Crippen LogP contribution in [0.2, 0.25) is 0 Å². The lowest BCUT2D eigenvalue weighted by Crippen LogP contribution is -2.44. The molecule has 1 aliphatic rings. The van der Waals surface area contributed by atoms with E-state index in [1.165, 1.54) is 18.2 Å². The monoisotopic (exact) mass is 441 g/mol. The fourth-order valence-corrected chi connectivity index (χ4v) is 3.32. The van der Waals surface area contributed by atoms with E-state index in [4.69, 9.17) is 9.47 Å². The van der Waals surface area contributed by atoms with Gasteiger partial charge in [0, 0.05) is 37.7 Å². The summed E-state index contributed by atoms with van der Waals surface area (Å²) >= 11 is 0. The lowest BCUT2D eigenvalue weighted by molar-refractivity contribution is -0.385. The van der Waals surface area contributed by atoms with Gasteiger partial charge in [-0.05, 0) is 51.1 Å². The maximum Gasteiger partial charge on any atom is 0.410 e. The van der Waals surface area contributed by atoms with Gasteiger partial charge < -0.3 is 19.7 Å². The van der Waals surface area contributed by atoms with Crippen molar-refractivity contribution in [2.75, 3.05) is 18.4 Å². The molecular weight excluding hydrogens is 414 g/mol. The summed E-state index contributed by atoms with van der Waals surface area (Å²) in [5, 5.41) is 13.8. The molecule has 1 fully saturated rings. The molecule has 1 heterocycles. The molecule has 1 aliphatic heterocycles. The Morgan fingerprint density at radius 2 is 1.69 bits per heavy atom. The number of piperidine rings is 1. The second kappa shape index (κ2) is 9.67. The van der Waals surface area contributed by atoms with Gasteiger partial charge in [-0.25, -0.2) is 4.79 Å². The van der Waals surface area contributed by atoms with E-state index in [2.05, 4.69) is 5.32 Å². The van der Waals surface area contributed by atoms with E-state index in [9.17, 15) is 19.7 Å². The van der Waals surface area contributed by atoms with Gasteiger partial charge >= 0.3 is 6.09 Å². The Bertz CT molecular complexity index is 976. The number of hydrogen-bond acceptors (Lipinski definition) is 6. The number of amides is 2. The molecule has 0 radical (unpaired) electrons. The van der Waals surface area contributed by atoms with Crippen LogP contribution in [0.5, 0.6) is 5.75 Å². The van der Waals surface area contributed by atoms with Crippen molar-refractivity contribution in [1.29, 1.82) is 0 Å². The Kier molecular flexibility index (Phi) is 6.97. The Hall–Kier alpha value is -3.62. The van der Waals surface area contributed by atoms with E-state index in [0.29, 0.717) is 37.4 Å². The summed E-state index contributed by atoms with van der Waals surface area (Å²) in [5.74, 6) is 0.0879. The van der Waals surface area contributed by atoms with E-state index in [1.54, 1.807) is 35.2 Å². The van der Waals surface area contributed by atoms with Crippen molar-refractivity contribution in [3.05, 3.63) is 64.2 Å². The van der Waals surface area contributed by atoms with Gasteiger partial charge in [0.05, 0.1) is 4.92 Å². The highest BCUT2D eigenvalue weighted by molar-refractivity contribution is 6.07. The third-order valence-corrected chi connectivity index (χ3v) is 4.85. The van der Waals surface area contributed by atoms with Gasteiger partial charge in [0.25, 0.3) is 11.6 Å². The Labute approximate surface area is 186 Å². The molecule has 0 unspecified atom stereocenters. The minimum Gasteiger partial charge on any atom is -0.490 e. The number of carbonyl (C=O) groups is 2. The third-order valence-electron chi connectivity index (χ3n) is 4.85. The predicted octanol–water partition coefficient (Wildman–Crippen LogP) is 4.63. The molecule has 0 bridgehead atoms. The van der Waals surface area contributed by atoms with Gasteiger partial charge in [0.2, 0.25) is 0 Å². The molecule has 0 atom stereocenters. The topological polar surface area (TPSA) is 111 Å². The van der Waals surface area contributed by atoms with Gasteiger partial charge in [0.15, 0.2) is 0 Å². The molecule has 9 heteroatoms. The standard InChI is InChI=1S/C23H27N3O6/c1-23(2,3)32-22(28)25-14-12-18(13-15-25)31-17-10-8-16(9-11-17)24-21(27)19-6-4-5-7-20(19)26(29)30/h4-11,18H,12-15H2,1-3H3,(H,24,27). The molecule has 170 valence electrons. The van der Waals surface area contributed by atoms with E-state index in [-0.39, 0.29) is 23.4 Å². The average Bonchev–Trinajstić information content (AvgIpc) is 2.74. The predicted molar refractivity (Wildman–Crippen MR) is 119 cm³/mol. The number of rotatable bonds is 5. The molecule has 0 saturated carbocycles. The first kappa shape index (κ1) is 23.1. The molecule has 1 saturated heterocycles. The number of nitrogens with zero attached hydrogens (tertiary/aromatic N) is 2. The SMILES string of the molecule is CC(C)(C)OC(=O)N1CCC(Oc2ccc(NC(=O)c3ccccc3[N+](=O)[O-])cc2)CC1. The lowest BCUT2D eigenvalue weighted by Gasteiger charge is -2.33. The molecule has 9 nitrogen and oxygen atoms in total. The normalized spacial score (nSPS) is 14.5. The summed E-state index contributed by atoms with van der Waals surface area (Å²) in [5.41, 5.74) is -0.273. The molecule has 0 aliphatic carbocycles. The number of nitrogens with one attached hydrogen (secondary N) is 1. The summed E-state index contributed by atoms with van der Waals surface area (Å²) in [6.45, 7) is 6.64. The number of carbonyl (C=O) groups excluding carboxylic acids is 2. The number of ether oxygens (including phenoxy) is 2. The summed E-state index contributed by atoms with van der Waals surface area (Å²) in [6, 6.07) is 12.6. The fraction of sp³-hybridized carbons (Fsp3) is 0.391. The van der Waals surface area contributed by atoms with Crippen LogP contribution in [0.25, 0.3) is 0 Å². The second-order valence-electron chi connectivity index (χ2n) is 8.54. The number of benzene rings is 2. The molecule has 2 aromatic rings. The summed E-state index contributed by atoms with van der Waals surface area (Å²) in [4.78, 5) is 36.8. The first-order valence-electron chi connectivity index (χ1n) is 10.4. The molecule has 3 rings (SSSR count). The van der Waals surface area contributed by atoms with E-state index < -0.39 is 16.4 Å². The number of nitro benzene ring substituents is 1. The lowest BCUT2D eigenvalue weighted by atomic mass is 10.1. The number of anilines is 1. The largest absolute Gasteiger partial charge is 0.490 e. The Morgan fingerprint density at radius 1 is 1.06 bits per heavy atom.